The lowest BCUT2D eigenvalue weighted by molar-refractivity contribution is -0.129. The molecule has 0 bridgehead atoms. The van der Waals surface area contributed by atoms with Crippen molar-refractivity contribution in [2.45, 2.75) is 48.0 Å². The third-order valence-electron chi connectivity index (χ3n) is 4.03. The van der Waals surface area contributed by atoms with Crippen LogP contribution in [0.3, 0.4) is 0 Å². The Hall–Kier alpha value is -0.100. The Balaban J connectivity index is 2.95. The second-order valence-corrected chi connectivity index (χ2v) is 9.33. The second kappa shape index (κ2) is 9.90. The smallest absolute Gasteiger partial charge is 0.394 e. The monoisotopic (exact) mass is 425 g/mol. The van der Waals surface area contributed by atoms with Crippen LogP contribution in [0.15, 0.2) is 0 Å². The summed E-state index contributed by atoms with van der Waals surface area (Å²) in [6, 6.07) is 0. The molecular formula is C12H25O12S2+. The van der Waals surface area contributed by atoms with E-state index in [0.29, 0.717) is 0 Å². The first kappa shape index (κ1) is 23.9. The number of aliphatic hydroxyl groups excluding tert-OH is 8. The van der Waals surface area contributed by atoms with E-state index in [2.05, 4.69) is 4.18 Å². The van der Waals surface area contributed by atoms with Crippen LogP contribution in [-0.4, -0.2) is 127 Å². The van der Waals surface area contributed by atoms with Crippen LogP contribution < -0.4 is 0 Å². The van der Waals surface area contributed by atoms with Crippen molar-refractivity contribution < 1.29 is 58.0 Å². The highest BCUT2D eigenvalue weighted by Gasteiger charge is 2.52. The molecule has 0 aromatic carbocycles. The second-order valence-electron chi connectivity index (χ2n) is 5.94. The third-order valence-corrected chi connectivity index (χ3v) is 7.32. The minimum absolute atomic E-state index is 0.0139. The van der Waals surface area contributed by atoms with Crippen LogP contribution in [-0.2, 0) is 25.5 Å². The molecule has 0 saturated carbocycles. The van der Waals surface area contributed by atoms with Crippen LogP contribution in [0.2, 0.25) is 0 Å². The molecule has 1 rings (SSSR count). The van der Waals surface area contributed by atoms with Gasteiger partial charge in [-0.25, -0.2) is 4.18 Å². The van der Waals surface area contributed by atoms with E-state index in [1.54, 1.807) is 0 Å². The molecule has 0 aromatic heterocycles. The topological polar surface area (TPSA) is 225 Å². The van der Waals surface area contributed by atoms with E-state index in [-0.39, 0.29) is 11.5 Å². The predicted molar refractivity (Wildman–Crippen MR) is 87.5 cm³/mol. The summed E-state index contributed by atoms with van der Waals surface area (Å²) in [6.07, 6.45) is -12.6. The maximum absolute atomic E-state index is 11.0. The molecule has 0 radical (unpaired) electrons. The Labute approximate surface area is 152 Å². The van der Waals surface area contributed by atoms with Crippen LogP contribution in [0, 0.1) is 0 Å². The van der Waals surface area contributed by atoms with Gasteiger partial charge < -0.3 is 40.9 Å². The molecule has 1 saturated heterocycles. The van der Waals surface area contributed by atoms with E-state index in [0.717, 1.165) is 0 Å². The molecule has 0 aromatic rings. The maximum atomic E-state index is 11.0. The molecule has 1 fully saturated rings. The van der Waals surface area contributed by atoms with Crippen molar-refractivity contribution in [2.24, 2.45) is 0 Å². The van der Waals surface area contributed by atoms with E-state index >= 15 is 0 Å². The zero-order chi connectivity index (χ0) is 20.2. The van der Waals surface area contributed by atoms with Gasteiger partial charge in [-0.2, -0.15) is 8.42 Å². The van der Waals surface area contributed by atoms with Crippen LogP contribution >= 0.6 is 0 Å². The van der Waals surface area contributed by atoms with Gasteiger partial charge in [0.25, 0.3) is 0 Å². The highest BCUT2D eigenvalue weighted by Crippen LogP contribution is 2.26. The first-order valence-corrected chi connectivity index (χ1v) is 10.5. The van der Waals surface area contributed by atoms with Crippen LogP contribution in [0.5, 0.6) is 0 Å². The van der Waals surface area contributed by atoms with Crippen molar-refractivity contribution >= 4 is 21.3 Å². The highest BCUT2D eigenvalue weighted by atomic mass is 32.3. The molecule has 1 heterocycles. The van der Waals surface area contributed by atoms with Crippen LogP contribution in [0.25, 0.3) is 0 Å². The van der Waals surface area contributed by atoms with Gasteiger partial charge in [0.1, 0.15) is 54.2 Å². The minimum Gasteiger partial charge on any atom is -0.394 e. The van der Waals surface area contributed by atoms with Gasteiger partial charge in [-0.1, -0.05) is 0 Å². The first-order valence-electron chi connectivity index (χ1n) is 7.55. The summed E-state index contributed by atoms with van der Waals surface area (Å²) in [5.74, 6) is -0.363. The fourth-order valence-corrected chi connectivity index (χ4v) is 5.83. The molecule has 14 heteroatoms. The lowest BCUT2D eigenvalue weighted by Crippen LogP contribution is -2.53. The SMILES string of the molecule is O=S(=O)(O)O[C@@H]([C@H](O)[C@H](O)[C@@H](O)CO)[C@H](O)C[S+]1C[C@@H](O)[C@H](O)[C@H]1CO. The number of rotatable bonds is 10. The number of aliphatic hydroxyl groups is 8. The van der Waals surface area contributed by atoms with Crippen LogP contribution in [0.1, 0.15) is 0 Å². The minimum atomic E-state index is -5.17. The zero-order valence-electron chi connectivity index (χ0n) is 13.5. The molecule has 1 aliphatic rings. The van der Waals surface area contributed by atoms with Gasteiger partial charge >= 0.3 is 10.4 Å². The fraction of sp³-hybridized carbons (Fsp3) is 1.00. The van der Waals surface area contributed by atoms with E-state index in [9.17, 15) is 44.2 Å². The van der Waals surface area contributed by atoms with Gasteiger partial charge in [-0.15, -0.1) is 0 Å². The Morgan fingerprint density at radius 3 is 2.08 bits per heavy atom. The number of hydrogen-bond donors (Lipinski definition) is 9. The molecular weight excluding hydrogens is 400 g/mol. The summed E-state index contributed by atoms with van der Waals surface area (Å²) in [7, 11) is -6.18. The molecule has 1 aliphatic heterocycles. The van der Waals surface area contributed by atoms with Gasteiger partial charge in [0.15, 0.2) is 5.25 Å². The summed E-state index contributed by atoms with van der Waals surface area (Å²) in [4.78, 5) is 0. The summed E-state index contributed by atoms with van der Waals surface area (Å²) in [5.41, 5.74) is 0. The normalized spacial score (nSPS) is 32.8. The van der Waals surface area contributed by atoms with Crippen molar-refractivity contribution in [1.82, 2.24) is 0 Å². The Kier molecular flexibility index (Phi) is 9.12. The molecule has 1 unspecified atom stereocenters. The first-order chi connectivity index (χ1) is 11.9. The van der Waals surface area contributed by atoms with Crippen LogP contribution in [0.4, 0.5) is 0 Å². The average molecular weight is 425 g/mol. The van der Waals surface area contributed by atoms with Gasteiger partial charge in [-0.3, -0.25) is 4.55 Å². The molecule has 0 spiro atoms. The van der Waals surface area contributed by atoms with Gasteiger partial charge in [0, 0.05) is 10.9 Å². The highest BCUT2D eigenvalue weighted by molar-refractivity contribution is 7.97. The molecule has 156 valence electrons. The van der Waals surface area contributed by atoms with Crippen molar-refractivity contribution in [1.29, 1.82) is 0 Å². The fourth-order valence-electron chi connectivity index (χ4n) is 2.62. The number of hydrogen-bond acceptors (Lipinski definition) is 11. The molecule has 0 amide bonds. The van der Waals surface area contributed by atoms with Crippen molar-refractivity contribution in [3.8, 4) is 0 Å². The van der Waals surface area contributed by atoms with Gasteiger partial charge in [0.05, 0.1) is 13.2 Å². The standard InChI is InChI=1S/C12H24O12S2/c13-1-5(15)10(19)11(20)12(24-26(21,22)23)7(17)4-25-3-6(16)9(18)8(25)2-14/h5-20H,1-4H2/p+1/t5-,6+,7+,8+,9-,10+,11+,12+,25?/m0/s1. The summed E-state index contributed by atoms with van der Waals surface area (Å²) < 4.78 is 35.0. The zero-order valence-corrected chi connectivity index (χ0v) is 15.1. The lowest BCUT2D eigenvalue weighted by Gasteiger charge is -2.30. The van der Waals surface area contributed by atoms with E-state index in [1.807, 2.05) is 0 Å². The van der Waals surface area contributed by atoms with Crippen molar-refractivity contribution in [3.05, 3.63) is 0 Å². The average Bonchev–Trinajstić information content (AvgIpc) is 2.82. The van der Waals surface area contributed by atoms with E-state index in [1.165, 1.54) is 0 Å². The lowest BCUT2D eigenvalue weighted by atomic mass is 10.0. The van der Waals surface area contributed by atoms with E-state index < -0.39 is 82.5 Å². The maximum Gasteiger partial charge on any atom is 0.397 e. The molecule has 9 atom stereocenters. The summed E-state index contributed by atoms with van der Waals surface area (Å²) in [5, 5.41) is 76.0. The molecule has 0 aliphatic carbocycles. The Morgan fingerprint density at radius 1 is 1.04 bits per heavy atom. The summed E-state index contributed by atoms with van der Waals surface area (Å²) in [6.45, 7) is -1.51. The van der Waals surface area contributed by atoms with E-state index in [4.69, 9.17) is 9.66 Å². The largest absolute Gasteiger partial charge is 0.397 e. The van der Waals surface area contributed by atoms with Crippen molar-refractivity contribution in [2.75, 3.05) is 24.7 Å². The van der Waals surface area contributed by atoms with Gasteiger partial charge in [-0.05, 0) is 0 Å². The van der Waals surface area contributed by atoms with Crippen molar-refractivity contribution in [3.63, 3.8) is 0 Å². The molecule has 12 nitrogen and oxygen atoms in total. The summed E-state index contributed by atoms with van der Waals surface area (Å²) >= 11 is 0. The quantitative estimate of drug-likeness (QED) is 0.118. The third kappa shape index (κ3) is 6.22. The van der Waals surface area contributed by atoms with Gasteiger partial charge in [0.2, 0.25) is 0 Å². The molecule has 9 N–H and O–H groups in total. The Morgan fingerprint density at radius 2 is 1.62 bits per heavy atom. The Bertz CT molecular complexity index is 530. The molecule has 26 heavy (non-hydrogen) atoms. The predicted octanol–water partition coefficient (Wildman–Crippen LogP) is -5.68.